The summed E-state index contributed by atoms with van der Waals surface area (Å²) in [7, 11) is -3.94. The van der Waals surface area contributed by atoms with Crippen molar-refractivity contribution in [2.75, 3.05) is 18.4 Å². The summed E-state index contributed by atoms with van der Waals surface area (Å²) in [4.78, 5) is 29.5. The highest BCUT2D eigenvalue weighted by atomic mass is 32.2. The molecule has 3 aromatic rings. The number of hydrogen-bond acceptors (Lipinski definition) is 8. The van der Waals surface area contributed by atoms with Crippen molar-refractivity contribution >= 4 is 39.6 Å². The van der Waals surface area contributed by atoms with E-state index in [0.717, 1.165) is 28.2 Å². The summed E-state index contributed by atoms with van der Waals surface area (Å²) in [6.45, 7) is 6.66. The third kappa shape index (κ3) is 7.18. The van der Waals surface area contributed by atoms with Crippen LogP contribution in [0.1, 0.15) is 55.9 Å². The molecular weight excluding hydrogens is 655 g/mol. The molecule has 0 atom stereocenters. The summed E-state index contributed by atoms with van der Waals surface area (Å²) in [5.41, 5.74) is -1.45. The second-order valence-corrected chi connectivity index (χ2v) is 14.3. The van der Waals surface area contributed by atoms with E-state index in [9.17, 15) is 41.4 Å². The first kappa shape index (κ1) is 34.5. The average molecular weight is 690 g/mol. The predicted octanol–water partition coefficient (Wildman–Crippen LogP) is 5.27. The van der Waals surface area contributed by atoms with Gasteiger partial charge in [0.2, 0.25) is 21.8 Å². The Bertz CT molecular complexity index is 1940. The molecule has 16 heteroatoms. The Labute approximate surface area is 274 Å². The molecule has 0 radical (unpaired) electrons. The van der Waals surface area contributed by atoms with Gasteiger partial charge in [-0.2, -0.15) is 17.5 Å². The van der Waals surface area contributed by atoms with Gasteiger partial charge in [-0.3, -0.25) is 15.1 Å². The Morgan fingerprint density at radius 1 is 1.08 bits per heavy atom. The number of amides is 2. The van der Waals surface area contributed by atoms with Gasteiger partial charge in [0.1, 0.15) is 22.7 Å². The highest BCUT2D eigenvalue weighted by Gasteiger charge is 2.47. The number of anilines is 1. The Hall–Kier alpha value is -4.83. The molecule has 2 amide bonds. The van der Waals surface area contributed by atoms with Gasteiger partial charge in [-0.1, -0.05) is 18.2 Å². The lowest BCUT2D eigenvalue weighted by molar-refractivity contribution is -0.137. The number of nitrogens with one attached hydrogen (secondary N) is 2. The van der Waals surface area contributed by atoms with Gasteiger partial charge in [-0.15, -0.1) is 0 Å². The Kier molecular flexibility index (Phi) is 8.86. The van der Waals surface area contributed by atoms with Crippen LogP contribution in [0.15, 0.2) is 58.9 Å². The molecule has 0 unspecified atom stereocenters. The van der Waals surface area contributed by atoms with Gasteiger partial charge in [-0.25, -0.2) is 17.8 Å². The summed E-state index contributed by atoms with van der Waals surface area (Å²) in [6.07, 6.45) is -3.91. The fourth-order valence-corrected chi connectivity index (χ4v) is 6.61. The minimum Gasteiger partial charge on any atom is -0.494 e. The van der Waals surface area contributed by atoms with Crippen LogP contribution in [0.25, 0.3) is 11.8 Å². The number of amidine groups is 1. The van der Waals surface area contributed by atoms with Crippen molar-refractivity contribution in [2.24, 2.45) is 4.99 Å². The molecule has 3 heterocycles. The molecule has 0 aliphatic carbocycles. The molecule has 256 valence electrons. The zero-order chi connectivity index (χ0) is 35.2. The number of nitrogens with zero attached hydrogens (tertiary/aromatic N) is 3. The molecule has 2 aliphatic heterocycles. The van der Waals surface area contributed by atoms with E-state index in [1.807, 2.05) is 0 Å². The molecule has 12 nitrogen and oxygen atoms in total. The van der Waals surface area contributed by atoms with Crippen LogP contribution >= 0.6 is 0 Å². The average Bonchev–Trinajstić information content (AvgIpc) is 3.45. The zero-order valence-corrected chi connectivity index (χ0v) is 27.2. The van der Waals surface area contributed by atoms with Crippen molar-refractivity contribution in [3.63, 3.8) is 0 Å². The quantitative estimate of drug-likeness (QED) is 0.274. The van der Waals surface area contributed by atoms with Crippen molar-refractivity contribution in [3.8, 4) is 17.4 Å². The standard InChI is InChI=1S/C32H34F3N5O7S/c1-19-16-23(40-25(41)18-24(27(40)42)36-29(44)47-30(2,3)4)9-8-20(19)10-15-48(45,46)39-13-11-31(12-14-39)28(43)37-26(38-31)21-6-5-7-22(17-21)32(33,34)35/h5-10,15-18,41-42H,11-14H2,1-4H3,(H,36,44)(H,37,38,43). The molecule has 0 saturated carbocycles. The molecule has 5 rings (SSSR count). The Morgan fingerprint density at radius 3 is 2.40 bits per heavy atom. The number of ether oxygens (including phenoxy) is 1. The van der Waals surface area contributed by atoms with Gasteiger partial charge in [0, 0.05) is 30.1 Å². The number of benzene rings is 2. The van der Waals surface area contributed by atoms with Crippen molar-refractivity contribution in [3.05, 3.63) is 76.2 Å². The third-order valence-corrected chi connectivity index (χ3v) is 9.44. The van der Waals surface area contributed by atoms with Gasteiger partial charge in [0.15, 0.2) is 0 Å². The molecule has 1 fully saturated rings. The minimum atomic E-state index is -4.56. The van der Waals surface area contributed by atoms with Crippen LogP contribution in [0.5, 0.6) is 11.8 Å². The van der Waals surface area contributed by atoms with Crippen molar-refractivity contribution < 1.29 is 46.1 Å². The van der Waals surface area contributed by atoms with Crippen molar-refractivity contribution in [1.82, 2.24) is 14.2 Å². The maximum Gasteiger partial charge on any atom is 0.416 e. The number of hydrogen-bond donors (Lipinski definition) is 4. The van der Waals surface area contributed by atoms with Crippen molar-refractivity contribution in [1.29, 1.82) is 0 Å². The van der Waals surface area contributed by atoms with Crippen LogP contribution in [-0.2, 0) is 25.7 Å². The van der Waals surface area contributed by atoms with E-state index in [1.54, 1.807) is 45.9 Å². The predicted molar refractivity (Wildman–Crippen MR) is 171 cm³/mol. The lowest BCUT2D eigenvalue weighted by Gasteiger charge is -2.34. The topological polar surface area (TPSA) is 163 Å². The maximum absolute atomic E-state index is 13.2. The Balaban J connectivity index is 1.27. The number of carbonyl (C=O) groups excluding carboxylic acids is 2. The van der Waals surface area contributed by atoms with E-state index < -0.39 is 50.8 Å². The third-order valence-electron chi connectivity index (χ3n) is 7.88. The maximum atomic E-state index is 13.2. The lowest BCUT2D eigenvalue weighted by Crippen LogP contribution is -2.50. The van der Waals surface area contributed by atoms with E-state index in [2.05, 4.69) is 15.6 Å². The lowest BCUT2D eigenvalue weighted by atomic mass is 9.89. The molecule has 4 N–H and O–H groups in total. The summed E-state index contributed by atoms with van der Waals surface area (Å²) < 4.78 is 73.5. The first-order valence-corrected chi connectivity index (χ1v) is 16.3. The highest BCUT2D eigenvalue weighted by molar-refractivity contribution is 7.92. The van der Waals surface area contributed by atoms with E-state index in [1.165, 1.54) is 22.5 Å². The fourth-order valence-electron chi connectivity index (χ4n) is 5.42. The first-order valence-electron chi connectivity index (χ1n) is 14.8. The molecule has 48 heavy (non-hydrogen) atoms. The fraction of sp³-hybridized carbons (Fsp3) is 0.344. The van der Waals surface area contributed by atoms with Crippen LogP contribution in [-0.4, -0.2) is 69.6 Å². The molecule has 2 aromatic carbocycles. The number of piperidine rings is 1. The largest absolute Gasteiger partial charge is 0.494 e. The monoisotopic (exact) mass is 689 g/mol. The number of aromatic hydroxyl groups is 2. The molecule has 1 saturated heterocycles. The van der Waals surface area contributed by atoms with Crippen LogP contribution in [0.4, 0.5) is 23.7 Å². The normalized spacial score (nSPS) is 17.1. The van der Waals surface area contributed by atoms with Crippen LogP contribution in [0, 0.1) is 6.92 Å². The van der Waals surface area contributed by atoms with E-state index in [-0.39, 0.29) is 48.9 Å². The molecule has 2 aliphatic rings. The molecular formula is C32H34F3N5O7S. The van der Waals surface area contributed by atoms with E-state index in [0.29, 0.717) is 16.8 Å². The number of rotatable bonds is 6. The number of sulfonamides is 1. The molecule has 1 spiro atoms. The summed E-state index contributed by atoms with van der Waals surface area (Å²) in [6, 6.07) is 10.4. The smallest absolute Gasteiger partial charge is 0.416 e. The highest BCUT2D eigenvalue weighted by Crippen LogP contribution is 2.37. The minimum absolute atomic E-state index is 0.0123. The summed E-state index contributed by atoms with van der Waals surface area (Å²) in [5.74, 6) is -1.30. The van der Waals surface area contributed by atoms with E-state index >= 15 is 0 Å². The SMILES string of the molecule is Cc1cc(-n2c(O)cc(NC(=O)OC(C)(C)C)c2O)ccc1C=CS(=O)(=O)N1CCC2(CC1)N=C(c1cccc(C(F)(F)F)c1)NC2=O. The van der Waals surface area contributed by atoms with E-state index in [4.69, 9.17) is 4.74 Å². The zero-order valence-electron chi connectivity index (χ0n) is 26.4. The number of alkyl halides is 3. The van der Waals surface area contributed by atoms with Crippen molar-refractivity contribution in [2.45, 2.75) is 57.9 Å². The van der Waals surface area contributed by atoms with Gasteiger partial charge < -0.3 is 20.3 Å². The van der Waals surface area contributed by atoms with Gasteiger partial charge in [-0.05, 0) is 82.0 Å². The Morgan fingerprint density at radius 2 is 1.77 bits per heavy atom. The second-order valence-electron chi connectivity index (χ2n) is 12.5. The number of aliphatic imine (C=N–C) groups is 1. The number of carbonyl (C=O) groups is 2. The number of aromatic nitrogens is 1. The first-order chi connectivity index (χ1) is 22.3. The molecule has 1 aromatic heterocycles. The second kappa shape index (κ2) is 12.3. The summed E-state index contributed by atoms with van der Waals surface area (Å²) in [5, 5.41) is 27.1. The van der Waals surface area contributed by atoms with Gasteiger partial charge in [0.05, 0.1) is 11.3 Å². The molecule has 0 bridgehead atoms. The van der Waals surface area contributed by atoms with Crippen LogP contribution < -0.4 is 10.6 Å². The summed E-state index contributed by atoms with van der Waals surface area (Å²) >= 11 is 0. The van der Waals surface area contributed by atoms with Crippen LogP contribution in [0.2, 0.25) is 0 Å². The van der Waals surface area contributed by atoms with Crippen LogP contribution in [0.3, 0.4) is 0 Å². The van der Waals surface area contributed by atoms with Gasteiger partial charge in [0.25, 0.3) is 5.91 Å². The number of aryl methyl sites for hydroxylation is 1. The van der Waals surface area contributed by atoms with Gasteiger partial charge >= 0.3 is 12.3 Å². The number of halogens is 3.